The number of nitro groups is 2. The maximum absolute atomic E-state index is 11.6. The molecule has 0 saturated carbocycles. The van der Waals surface area contributed by atoms with E-state index >= 15 is 0 Å². The molecule has 0 amide bonds. The number of halogens is 1. The molecule has 2 aromatic rings. The van der Waals surface area contributed by atoms with Gasteiger partial charge < -0.3 is 47.9 Å². The molecule has 9 rings (SSSR count). The third-order valence-electron chi connectivity index (χ3n) is 15.5. The van der Waals surface area contributed by atoms with E-state index in [1.807, 2.05) is 6.07 Å². The summed E-state index contributed by atoms with van der Waals surface area (Å²) in [6.07, 6.45) is 10.3. The average molecular weight is 1040 g/mol. The van der Waals surface area contributed by atoms with Crippen molar-refractivity contribution in [2.75, 3.05) is 143 Å². The molecule has 7 aliphatic rings. The molecule has 7 heterocycles. The van der Waals surface area contributed by atoms with E-state index in [0.29, 0.717) is 43.4 Å². The molecule has 5 saturated heterocycles. The number of ether oxygens (including phenoxy) is 4. The molecule has 0 aliphatic carbocycles. The molecule has 0 radical (unpaired) electrons. The van der Waals surface area contributed by atoms with Crippen molar-refractivity contribution in [2.45, 2.75) is 89.5 Å². The zero-order chi connectivity index (χ0) is 50.2. The topological polar surface area (TPSA) is 161 Å². The number of rotatable bonds is 10. The average Bonchev–Trinajstić information content (AvgIpc) is 3.60. The van der Waals surface area contributed by atoms with Crippen molar-refractivity contribution in [2.24, 2.45) is 0 Å². The normalized spacial score (nSPS) is 23.1. The maximum Gasteiger partial charge on any atom is 0.490 e. The van der Waals surface area contributed by atoms with Gasteiger partial charge in [-0.15, -0.1) is 0 Å². The first-order valence-corrected chi connectivity index (χ1v) is 25.9. The first-order valence-electron chi connectivity index (χ1n) is 25.1. The first-order chi connectivity index (χ1) is 33.5. The summed E-state index contributed by atoms with van der Waals surface area (Å²) in [5, 5.41) is 22.7. The molecule has 7 aliphatic heterocycles. The molecule has 0 atom stereocenters. The van der Waals surface area contributed by atoms with E-state index < -0.39 is 4.92 Å². The molecule has 5 fully saturated rings. The van der Waals surface area contributed by atoms with Crippen molar-refractivity contribution in [3.63, 3.8) is 0 Å². The van der Waals surface area contributed by atoms with Crippen LogP contribution in [0.3, 0.4) is 0 Å². The van der Waals surface area contributed by atoms with Gasteiger partial charge >= 0.3 is 18.5 Å². The molecular formula is C50H76BBrN8O10. The molecule has 386 valence electrons. The predicted molar refractivity (Wildman–Crippen MR) is 279 cm³/mol. The first kappa shape index (κ1) is 53.9. The maximum atomic E-state index is 11.6. The summed E-state index contributed by atoms with van der Waals surface area (Å²) >= 11 is 3.50. The standard InChI is InChI=1S/C22H32N4O4.C17H25BrN4O3.C11H19BO3/c1-23-9-11-24(12-10-23)18-3-7-25(8-4-18)20-16-22(29-2)21(26(27)28)15-19(20)17-5-13-30-14-6-17;1-19-7-9-20(10-8-19)13-3-5-21(6-4-13)15-12-17(25-2)16(22(23)24)11-14(15)18;1-10(2)11(3,4)15-12(14-10)9-5-7-13-8-6-9/h5,15-16,18H,3-4,6-14H2,1-2H3;11-13H,3-10H2,1-2H3;5H,6-8H2,1-4H3. The number of hydrogen-bond donors (Lipinski definition) is 0. The van der Waals surface area contributed by atoms with E-state index in [0.717, 1.165) is 151 Å². The van der Waals surface area contributed by atoms with Gasteiger partial charge in [-0.25, -0.2) is 0 Å². The monoisotopic (exact) mass is 1040 g/mol. The molecule has 0 N–H and O–H groups in total. The summed E-state index contributed by atoms with van der Waals surface area (Å²) in [5.74, 6) is 0.636. The summed E-state index contributed by atoms with van der Waals surface area (Å²) in [5.41, 5.74) is 4.85. The van der Waals surface area contributed by atoms with Crippen LogP contribution in [0, 0.1) is 20.2 Å². The molecule has 0 spiro atoms. The second-order valence-electron chi connectivity index (χ2n) is 20.4. The van der Waals surface area contributed by atoms with Gasteiger partial charge in [-0.3, -0.25) is 30.0 Å². The molecule has 20 heteroatoms. The second-order valence-corrected chi connectivity index (χ2v) is 21.2. The largest absolute Gasteiger partial charge is 0.490 e. The Labute approximate surface area is 423 Å². The Kier molecular flexibility index (Phi) is 18.7. The van der Waals surface area contributed by atoms with Crippen LogP contribution in [-0.2, 0) is 18.8 Å². The number of likely N-dealkylation sites (N-methyl/N-ethyl adjacent to an activating group) is 2. The van der Waals surface area contributed by atoms with Crippen molar-refractivity contribution in [3.05, 3.63) is 72.2 Å². The number of hydrogen-bond acceptors (Lipinski definition) is 16. The quantitative estimate of drug-likeness (QED) is 0.134. The Morgan fingerprint density at radius 2 is 1.07 bits per heavy atom. The van der Waals surface area contributed by atoms with Gasteiger partial charge in [0.25, 0.3) is 0 Å². The van der Waals surface area contributed by atoms with Gasteiger partial charge in [0.1, 0.15) is 0 Å². The molecule has 2 aromatic carbocycles. The van der Waals surface area contributed by atoms with E-state index in [9.17, 15) is 20.2 Å². The lowest BCUT2D eigenvalue weighted by molar-refractivity contribution is -0.385. The van der Waals surface area contributed by atoms with Crippen LogP contribution in [0.2, 0.25) is 0 Å². The van der Waals surface area contributed by atoms with Crippen LogP contribution in [0.4, 0.5) is 22.7 Å². The number of anilines is 2. The third-order valence-corrected chi connectivity index (χ3v) is 16.2. The van der Waals surface area contributed by atoms with E-state index in [1.54, 1.807) is 18.2 Å². The Morgan fingerprint density at radius 3 is 1.50 bits per heavy atom. The van der Waals surface area contributed by atoms with E-state index in [-0.39, 0.29) is 34.6 Å². The second kappa shape index (κ2) is 24.2. The Hall–Kier alpha value is -3.86. The van der Waals surface area contributed by atoms with Crippen molar-refractivity contribution >= 4 is 51.4 Å². The van der Waals surface area contributed by atoms with Gasteiger partial charge in [0.05, 0.1) is 67.4 Å². The highest BCUT2D eigenvalue weighted by Gasteiger charge is 2.52. The zero-order valence-electron chi connectivity index (χ0n) is 42.8. The minimum Gasteiger partial charge on any atom is -0.490 e. The van der Waals surface area contributed by atoms with Crippen LogP contribution in [0.5, 0.6) is 11.5 Å². The van der Waals surface area contributed by atoms with Crippen LogP contribution < -0.4 is 19.3 Å². The lowest BCUT2D eigenvalue weighted by atomic mass is 9.75. The summed E-state index contributed by atoms with van der Waals surface area (Å²) in [6.45, 7) is 23.9. The number of piperidine rings is 2. The minimum atomic E-state index is -0.410. The van der Waals surface area contributed by atoms with Crippen molar-refractivity contribution in [3.8, 4) is 11.5 Å². The highest BCUT2D eigenvalue weighted by molar-refractivity contribution is 9.10. The molecule has 0 aromatic heterocycles. The third kappa shape index (κ3) is 13.2. The highest BCUT2D eigenvalue weighted by Crippen LogP contribution is 2.43. The van der Waals surface area contributed by atoms with Gasteiger partial charge in [0.2, 0.25) is 0 Å². The van der Waals surface area contributed by atoms with Crippen LogP contribution >= 0.6 is 15.9 Å². The highest BCUT2D eigenvalue weighted by atomic mass is 79.9. The van der Waals surface area contributed by atoms with Gasteiger partial charge in [-0.2, -0.15) is 0 Å². The zero-order valence-corrected chi connectivity index (χ0v) is 44.4. The van der Waals surface area contributed by atoms with Gasteiger partial charge in [-0.05, 0) is 107 Å². The van der Waals surface area contributed by atoms with Crippen molar-refractivity contribution < 1.29 is 38.1 Å². The van der Waals surface area contributed by atoms with Crippen LogP contribution in [-0.4, -0.2) is 193 Å². The Balaban J connectivity index is 0.000000163. The van der Waals surface area contributed by atoms with Crippen molar-refractivity contribution in [1.29, 1.82) is 0 Å². The van der Waals surface area contributed by atoms with Crippen LogP contribution in [0.15, 0.2) is 46.4 Å². The van der Waals surface area contributed by atoms with E-state index in [2.05, 4.69) is 99.3 Å². The summed E-state index contributed by atoms with van der Waals surface area (Å²) in [4.78, 5) is 36.7. The van der Waals surface area contributed by atoms with Gasteiger partial charge in [0, 0.05) is 131 Å². The number of nitro benzene ring substituents is 2. The molecule has 70 heavy (non-hydrogen) atoms. The van der Waals surface area contributed by atoms with E-state index in [1.165, 1.54) is 19.7 Å². The van der Waals surface area contributed by atoms with Gasteiger partial charge in [-0.1, -0.05) is 12.2 Å². The minimum absolute atomic E-state index is 0.00884. The lowest BCUT2D eigenvalue weighted by Gasteiger charge is -2.43. The SMILES string of the molecule is CC1(C)OB(C2=CCOCC2)OC1(C)C.COc1cc(N2CCC(N3CCN(C)CC3)CC2)c(Br)cc1[N+](=O)[O-].COc1cc(N2CCC(N3CCN(C)CC3)CC2)c(C2=CCOCC2)cc1[N+](=O)[O-]. The number of benzene rings is 2. The summed E-state index contributed by atoms with van der Waals surface area (Å²) in [7, 11) is 7.16. The fourth-order valence-corrected chi connectivity index (χ4v) is 10.9. The molecule has 18 nitrogen and oxygen atoms in total. The molecule has 0 bridgehead atoms. The fourth-order valence-electron chi connectivity index (χ4n) is 10.3. The number of nitrogens with zero attached hydrogens (tertiary/aromatic N) is 8. The van der Waals surface area contributed by atoms with Gasteiger partial charge in [0.15, 0.2) is 11.5 Å². The summed E-state index contributed by atoms with van der Waals surface area (Å²) in [6, 6.07) is 8.14. The summed E-state index contributed by atoms with van der Waals surface area (Å²) < 4.78 is 34.0. The van der Waals surface area contributed by atoms with E-state index in [4.69, 9.17) is 28.3 Å². The van der Waals surface area contributed by atoms with Crippen molar-refractivity contribution in [1.82, 2.24) is 19.6 Å². The lowest BCUT2D eigenvalue weighted by Crippen LogP contribution is -2.52. The fraction of sp³-hybridized carbons (Fsp3) is 0.680. The smallest absolute Gasteiger partial charge is 0.490 e. The Bertz CT molecular complexity index is 2150. The molecular weight excluding hydrogens is 963 g/mol. The number of methoxy groups -OCH3 is 2. The van der Waals surface area contributed by atoms with Crippen LogP contribution in [0.1, 0.15) is 71.8 Å². The van der Waals surface area contributed by atoms with Crippen LogP contribution in [0.25, 0.3) is 5.57 Å². The Morgan fingerprint density at radius 1 is 0.629 bits per heavy atom. The number of piperazine rings is 2. The predicted octanol–water partition coefficient (Wildman–Crippen LogP) is 7.17. The molecule has 0 unspecified atom stereocenters.